The number of ether oxygens (including phenoxy) is 2. The number of Topliss-reactive ketones (excluding diaryl/α,β-unsaturated/α-hetero) is 1. The molecule has 7 rings (SSSR count). The van der Waals surface area contributed by atoms with Crippen LogP contribution in [0.2, 0.25) is 0 Å². The fourth-order valence-electron chi connectivity index (χ4n) is 8.20. The molecule has 1 saturated heterocycles. The lowest BCUT2D eigenvalue weighted by molar-refractivity contribution is -0.118. The summed E-state index contributed by atoms with van der Waals surface area (Å²) in [5.41, 5.74) is 5.95. The number of carbonyl (C=O) groups is 2. The largest absolute Gasteiger partial charge is 0.487 e. The van der Waals surface area contributed by atoms with E-state index in [1.54, 1.807) is 6.07 Å². The molecule has 1 amide bonds. The SMILES string of the molecule is O=C(CCCCCN(Cc1ccccc1)CC(O)c1ccc(OCc2ccccc2)c2[nH]c(=O)ccc12)CNCCN1CCC(OC(=O)Nc2ccccc2-c2ccccc2)CC1. The topological polar surface area (TPSA) is 136 Å². The molecular weight excluding hydrogens is 791 g/mol. The third-order valence-electron chi connectivity index (χ3n) is 11.6. The molecule has 4 N–H and O–H groups in total. The van der Waals surface area contributed by atoms with Crippen LogP contribution in [0.1, 0.15) is 61.3 Å². The molecule has 1 fully saturated rings. The van der Waals surface area contributed by atoms with E-state index in [0.29, 0.717) is 43.9 Å². The van der Waals surface area contributed by atoms with E-state index in [-0.39, 0.29) is 17.4 Å². The van der Waals surface area contributed by atoms with Crippen molar-refractivity contribution in [2.45, 2.75) is 63.9 Å². The molecule has 1 aliphatic rings. The number of hydrogen-bond acceptors (Lipinski definition) is 9. The third-order valence-corrected chi connectivity index (χ3v) is 11.6. The number of amides is 1. The molecule has 0 spiro atoms. The van der Waals surface area contributed by atoms with Crippen LogP contribution in [0.3, 0.4) is 0 Å². The summed E-state index contributed by atoms with van der Waals surface area (Å²) in [6, 6.07) is 44.8. The summed E-state index contributed by atoms with van der Waals surface area (Å²) in [6.45, 7) is 5.78. The number of pyridine rings is 1. The van der Waals surface area contributed by atoms with Gasteiger partial charge >= 0.3 is 6.09 Å². The van der Waals surface area contributed by atoms with E-state index in [1.807, 2.05) is 115 Å². The first-order valence-electron chi connectivity index (χ1n) is 22.2. The number of likely N-dealkylation sites (tertiary alicyclic amines) is 1. The highest BCUT2D eigenvalue weighted by atomic mass is 16.6. The highest BCUT2D eigenvalue weighted by Gasteiger charge is 2.23. The van der Waals surface area contributed by atoms with Crippen molar-refractivity contribution in [1.82, 2.24) is 20.1 Å². The van der Waals surface area contributed by atoms with Crippen LogP contribution < -0.4 is 20.9 Å². The lowest BCUT2D eigenvalue weighted by atomic mass is 10.0. The molecule has 63 heavy (non-hydrogen) atoms. The molecule has 1 aromatic heterocycles. The minimum absolute atomic E-state index is 0.132. The number of H-pyrrole nitrogens is 1. The van der Waals surface area contributed by atoms with Crippen molar-refractivity contribution in [3.05, 3.63) is 167 Å². The van der Waals surface area contributed by atoms with Gasteiger partial charge in [-0.15, -0.1) is 0 Å². The maximum absolute atomic E-state index is 12.8. The Morgan fingerprint density at radius 2 is 1.49 bits per heavy atom. The van der Waals surface area contributed by atoms with Crippen molar-refractivity contribution in [3.8, 4) is 16.9 Å². The van der Waals surface area contributed by atoms with Crippen molar-refractivity contribution < 1.29 is 24.2 Å². The molecule has 11 nitrogen and oxygen atoms in total. The highest BCUT2D eigenvalue weighted by Crippen LogP contribution is 2.31. The Bertz CT molecular complexity index is 2400. The summed E-state index contributed by atoms with van der Waals surface area (Å²) in [6.07, 6.45) is 3.30. The third kappa shape index (κ3) is 13.7. The van der Waals surface area contributed by atoms with E-state index in [0.717, 1.165) is 104 Å². The van der Waals surface area contributed by atoms with Gasteiger partial charge in [0.2, 0.25) is 5.56 Å². The zero-order chi connectivity index (χ0) is 43.6. The second-order valence-electron chi connectivity index (χ2n) is 16.3. The summed E-state index contributed by atoms with van der Waals surface area (Å²) in [4.78, 5) is 45.5. The smallest absolute Gasteiger partial charge is 0.411 e. The number of aromatic nitrogens is 1. The Kier molecular flexibility index (Phi) is 16.7. The first-order valence-corrected chi connectivity index (χ1v) is 22.2. The number of aliphatic hydroxyl groups excluding tert-OH is 1. The van der Waals surface area contributed by atoms with Gasteiger partial charge in [0.15, 0.2) is 0 Å². The summed E-state index contributed by atoms with van der Waals surface area (Å²) >= 11 is 0. The van der Waals surface area contributed by atoms with Crippen LogP contribution >= 0.6 is 0 Å². The van der Waals surface area contributed by atoms with Crippen LogP contribution in [0.4, 0.5) is 10.5 Å². The number of nitrogens with zero attached hydrogens (tertiary/aromatic N) is 2. The van der Waals surface area contributed by atoms with Gasteiger partial charge in [-0.25, -0.2) is 4.79 Å². The van der Waals surface area contributed by atoms with Gasteiger partial charge in [0.25, 0.3) is 0 Å². The lowest BCUT2D eigenvalue weighted by Gasteiger charge is -2.31. The van der Waals surface area contributed by atoms with Crippen molar-refractivity contribution in [2.75, 3.05) is 51.1 Å². The lowest BCUT2D eigenvalue weighted by Crippen LogP contribution is -2.42. The molecule has 6 aromatic rings. The Labute approximate surface area is 370 Å². The first kappa shape index (κ1) is 44.9. The van der Waals surface area contributed by atoms with E-state index in [1.165, 1.54) is 6.07 Å². The number of ketones is 1. The molecule has 1 unspecified atom stereocenters. The molecule has 11 heteroatoms. The van der Waals surface area contributed by atoms with Crippen molar-refractivity contribution in [1.29, 1.82) is 0 Å². The van der Waals surface area contributed by atoms with Crippen LogP contribution in [0.15, 0.2) is 144 Å². The van der Waals surface area contributed by atoms with E-state index < -0.39 is 12.2 Å². The van der Waals surface area contributed by atoms with E-state index in [4.69, 9.17) is 9.47 Å². The molecule has 2 heterocycles. The Balaban J connectivity index is 0.803. The highest BCUT2D eigenvalue weighted by molar-refractivity contribution is 5.91. The number of para-hydroxylation sites is 1. The second kappa shape index (κ2) is 23.4. The van der Waals surface area contributed by atoms with Gasteiger partial charge in [-0.3, -0.25) is 19.8 Å². The minimum atomic E-state index is -0.807. The standard InChI is InChI=1S/C52H59N5O6/c58-42(35-53-30-34-56-32-28-43(29-33-56)63-52(61)54-47-23-13-12-22-44(47)41-19-9-3-10-20-41)21-11-4-14-31-57(36-39-15-5-1-6-16-39)37-48(59)45-24-26-49(51-46(45)25-27-50(60)55-51)62-38-40-17-7-2-8-18-40/h1-3,5-10,12-13,15-20,22-27,43,48,53,59H,4,11,14,21,28-38H2,(H,54,61)(H,55,60). The molecule has 0 bridgehead atoms. The van der Waals surface area contributed by atoms with E-state index in [9.17, 15) is 19.5 Å². The number of fused-ring (bicyclic) bond motifs is 1. The number of anilines is 1. The fraction of sp³-hybridized carbons (Fsp3) is 0.327. The van der Waals surface area contributed by atoms with Crippen LogP contribution in [0, 0.1) is 0 Å². The first-order chi connectivity index (χ1) is 30.9. The molecule has 1 atom stereocenters. The number of nitrogens with one attached hydrogen (secondary N) is 3. The van der Waals surface area contributed by atoms with E-state index in [2.05, 4.69) is 37.6 Å². The zero-order valence-corrected chi connectivity index (χ0v) is 35.9. The number of unbranched alkanes of at least 4 members (excludes halogenated alkanes) is 2. The predicted molar refractivity (Wildman–Crippen MR) is 250 cm³/mol. The number of piperidine rings is 1. The van der Waals surface area contributed by atoms with Crippen LogP contribution in [0.25, 0.3) is 22.0 Å². The summed E-state index contributed by atoms with van der Waals surface area (Å²) in [5, 5.41) is 18.7. The monoisotopic (exact) mass is 849 g/mol. The second-order valence-corrected chi connectivity index (χ2v) is 16.3. The number of aromatic amines is 1. The molecule has 328 valence electrons. The Morgan fingerprint density at radius 1 is 0.794 bits per heavy atom. The van der Waals surface area contributed by atoms with Crippen molar-refractivity contribution in [2.24, 2.45) is 0 Å². The maximum atomic E-state index is 12.8. The Hall–Kier alpha value is -6.11. The number of rotatable bonds is 22. The summed E-state index contributed by atoms with van der Waals surface area (Å²) in [5.74, 6) is 0.764. The number of hydrogen-bond donors (Lipinski definition) is 4. The zero-order valence-electron chi connectivity index (χ0n) is 35.9. The average molecular weight is 850 g/mol. The van der Waals surface area contributed by atoms with Gasteiger partial charge in [0.05, 0.1) is 23.9 Å². The quantitative estimate of drug-likeness (QED) is 0.0495. The summed E-state index contributed by atoms with van der Waals surface area (Å²) < 4.78 is 11.9. The fourth-order valence-corrected chi connectivity index (χ4v) is 8.20. The molecule has 0 saturated carbocycles. The van der Waals surface area contributed by atoms with Crippen LogP contribution in [-0.4, -0.2) is 83.7 Å². The van der Waals surface area contributed by atoms with E-state index >= 15 is 0 Å². The normalized spacial score (nSPS) is 13.8. The number of carbonyl (C=O) groups excluding carboxylic acids is 2. The maximum Gasteiger partial charge on any atom is 0.411 e. The molecule has 5 aromatic carbocycles. The van der Waals surface area contributed by atoms with Crippen LogP contribution in [0.5, 0.6) is 5.75 Å². The van der Waals surface area contributed by atoms with Crippen molar-refractivity contribution >= 4 is 28.5 Å². The van der Waals surface area contributed by atoms with Gasteiger partial charge in [-0.05, 0) is 72.7 Å². The van der Waals surface area contributed by atoms with Gasteiger partial charge in [-0.1, -0.05) is 122 Å². The summed E-state index contributed by atoms with van der Waals surface area (Å²) in [7, 11) is 0. The Morgan fingerprint density at radius 3 is 2.25 bits per heavy atom. The molecule has 0 radical (unpaired) electrons. The molecule has 0 aliphatic carbocycles. The van der Waals surface area contributed by atoms with Crippen LogP contribution in [-0.2, 0) is 22.7 Å². The van der Waals surface area contributed by atoms with Gasteiger partial charge in [-0.2, -0.15) is 0 Å². The average Bonchev–Trinajstić information content (AvgIpc) is 3.31. The van der Waals surface area contributed by atoms with Gasteiger partial charge in [0.1, 0.15) is 24.2 Å². The van der Waals surface area contributed by atoms with Gasteiger partial charge < -0.3 is 29.8 Å². The predicted octanol–water partition coefficient (Wildman–Crippen LogP) is 8.74. The number of benzene rings is 5. The molecular formula is C52H59N5O6. The molecule has 1 aliphatic heterocycles. The van der Waals surface area contributed by atoms with Gasteiger partial charge in [0, 0.05) is 62.7 Å². The van der Waals surface area contributed by atoms with Crippen molar-refractivity contribution in [3.63, 3.8) is 0 Å². The number of aliphatic hydroxyl groups is 1. The minimum Gasteiger partial charge on any atom is -0.487 e.